The third kappa shape index (κ3) is 4.45. The van der Waals surface area contributed by atoms with Gasteiger partial charge in [-0.2, -0.15) is 0 Å². The molecule has 0 aliphatic rings. The first-order valence-corrected chi connectivity index (χ1v) is 9.69. The number of aryl methyl sites for hydroxylation is 1. The molecule has 25 heavy (non-hydrogen) atoms. The number of hydrogen-bond acceptors (Lipinski definition) is 4. The SMILES string of the molecule is CC[C@@H](NS(=O)(=O)c1ccc(OC)c(Cl)c1)c1ccc(OC)c(C)c1. The van der Waals surface area contributed by atoms with Crippen molar-refractivity contribution in [1.29, 1.82) is 0 Å². The highest BCUT2D eigenvalue weighted by molar-refractivity contribution is 7.89. The van der Waals surface area contributed by atoms with Gasteiger partial charge >= 0.3 is 0 Å². The first-order chi connectivity index (χ1) is 11.8. The van der Waals surface area contributed by atoms with Crippen LogP contribution in [0.15, 0.2) is 41.3 Å². The highest BCUT2D eigenvalue weighted by Crippen LogP contribution is 2.29. The number of ether oxygens (including phenoxy) is 2. The van der Waals surface area contributed by atoms with Crippen LogP contribution in [0.25, 0.3) is 0 Å². The molecule has 0 aliphatic carbocycles. The standard InChI is InChI=1S/C18H22ClNO4S/c1-5-16(13-6-8-17(23-3)12(2)10-13)20-25(21,22)14-7-9-18(24-4)15(19)11-14/h6-11,16,20H,5H2,1-4H3/t16-/m1/s1. The van der Waals surface area contributed by atoms with E-state index in [2.05, 4.69) is 4.72 Å². The summed E-state index contributed by atoms with van der Waals surface area (Å²) in [6.45, 7) is 3.85. The summed E-state index contributed by atoms with van der Waals surface area (Å²) >= 11 is 6.05. The van der Waals surface area contributed by atoms with Gasteiger partial charge in [0.1, 0.15) is 11.5 Å². The number of sulfonamides is 1. The second-order valence-electron chi connectivity index (χ2n) is 5.61. The second-order valence-corrected chi connectivity index (χ2v) is 7.73. The first-order valence-electron chi connectivity index (χ1n) is 7.82. The molecule has 0 unspecified atom stereocenters. The zero-order valence-corrected chi connectivity index (χ0v) is 16.2. The Balaban J connectivity index is 2.31. The summed E-state index contributed by atoms with van der Waals surface area (Å²) in [7, 11) is -0.631. The molecule has 2 aromatic carbocycles. The van der Waals surface area contributed by atoms with Crippen molar-refractivity contribution in [3.05, 3.63) is 52.5 Å². The van der Waals surface area contributed by atoms with Crippen molar-refractivity contribution in [3.8, 4) is 11.5 Å². The quantitative estimate of drug-likeness (QED) is 0.781. The summed E-state index contributed by atoms with van der Waals surface area (Å²) in [6, 6.07) is 9.67. The molecule has 0 saturated carbocycles. The van der Waals surface area contributed by atoms with E-state index in [0.29, 0.717) is 12.2 Å². The van der Waals surface area contributed by atoms with Crippen LogP contribution in [-0.4, -0.2) is 22.6 Å². The Kier molecular flexibility index (Phi) is 6.32. The summed E-state index contributed by atoms with van der Waals surface area (Å²) in [5.74, 6) is 1.20. The Bertz CT molecular complexity index is 852. The summed E-state index contributed by atoms with van der Waals surface area (Å²) in [5, 5.41) is 0.249. The summed E-state index contributed by atoms with van der Waals surface area (Å²) in [6.07, 6.45) is 0.606. The predicted molar refractivity (Wildman–Crippen MR) is 99.1 cm³/mol. The molecule has 136 valence electrons. The number of benzene rings is 2. The summed E-state index contributed by atoms with van der Waals surface area (Å²) in [5.41, 5.74) is 1.83. The van der Waals surface area contributed by atoms with Gasteiger partial charge in [-0.15, -0.1) is 0 Å². The van der Waals surface area contributed by atoms with E-state index < -0.39 is 10.0 Å². The molecule has 1 atom stereocenters. The van der Waals surface area contributed by atoms with Crippen molar-refractivity contribution in [1.82, 2.24) is 4.72 Å². The Morgan fingerprint density at radius 1 is 1.08 bits per heavy atom. The maximum absolute atomic E-state index is 12.7. The molecule has 0 aromatic heterocycles. The maximum Gasteiger partial charge on any atom is 0.241 e. The van der Waals surface area contributed by atoms with Crippen molar-refractivity contribution >= 4 is 21.6 Å². The van der Waals surface area contributed by atoms with Gasteiger partial charge in [-0.25, -0.2) is 13.1 Å². The number of nitrogens with one attached hydrogen (secondary N) is 1. The molecule has 0 radical (unpaired) electrons. The Hall–Kier alpha value is -1.76. The fourth-order valence-electron chi connectivity index (χ4n) is 2.58. The largest absolute Gasteiger partial charge is 0.496 e. The van der Waals surface area contributed by atoms with Crippen LogP contribution < -0.4 is 14.2 Å². The van der Waals surface area contributed by atoms with Gasteiger partial charge in [0.2, 0.25) is 10.0 Å². The third-order valence-corrected chi connectivity index (χ3v) is 5.73. The molecular weight excluding hydrogens is 362 g/mol. The lowest BCUT2D eigenvalue weighted by Crippen LogP contribution is -2.28. The van der Waals surface area contributed by atoms with Crippen LogP contribution in [0.5, 0.6) is 11.5 Å². The molecule has 2 aromatic rings. The second kappa shape index (κ2) is 8.08. The fraction of sp³-hybridized carbons (Fsp3) is 0.333. The minimum Gasteiger partial charge on any atom is -0.496 e. The number of rotatable bonds is 7. The van der Waals surface area contributed by atoms with E-state index in [-0.39, 0.29) is 16.0 Å². The first kappa shape index (κ1) is 19.6. The average Bonchev–Trinajstić information content (AvgIpc) is 2.59. The van der Waals surface area contributed by atoms with E-state index in [1.807, 2.05) is 32.0 Å². The maximum atomic E-state index is 12.7. The molecule has 0 saturated heterocycles. The van der Waals surface area contributed by atoms with Crippen molar-refractivity contribution < 1.29 is 17.9 Å². The smallest absolute Gasteiger partial charge is 0.241 e. The zero-order chi connectivity index (χ0) is 18.6. The molecule has 0 aliphatic heterocycles. The number of halogens is 1. The van der Waals surface area contributed by atoms with E-state index in [1.165, 1.54) is 25.3 Å². The topological polar surface area (TPSA) is 64.6 Å². The van der Waals surface area contributed by atoms with Crippen molar-refractivity contribution in [2.45, 2.75) is 31.2 Å². The molecule has 0 spiro atoms. The molecular formula is C18H22ClNO4S. The predicted octanol–water partition coefficient (Wildman–Crippen LogP) is 4.10. The van der Waals surface area contributed by atoms with Gasteiger partial charge in [0, 0.05) is 6.04 Å². The molecule has 0 bridgehead atoms. The van der Waals surface area contributed by atoms with Gasteiger partial charge < -0.3 is 9.47 Å². The Morgan fingerprint density at radius 2 is 1.72 bits per heavy atom. The van der Waals surface area contributed by atoms with Gasteiger partial charge in [-0.05, 0) is 48.7 Å². The van der Waals surface area contributed by atoms with E-state index in [4.69, 9.17) is 21.1 Å². The van der Waals surface area contributed by atoms with E-state index in [1.54, 1.807) is 7.11 Å². The Labute approximate surface area is 154 Å². The van der Waals surface area contributed by atoms with Crippen LogP contribution in [0.1, 0.15) is 30.5 Å². The Morgan fingerprint density at radius 3 is 2.24 bits per heavy atom. The molecule has 0 fully saturated rings. The van der Waals surface area contributed by atoms with Gasteiger partial charge in [0.05, 0.1) is 24.1 Å². The van der Waals surface area contributed by atoms with E-state index in [0.717, 1.165) is 16.9 Å². The van der Waals surface area contributed by atoms with Crippen LogP contribution >= 0.6 is 11.6 Å². The highest BCUT2D eigenvalue weighted by Gasteiger charge is 2.22. The summed E-state index contributed by atoms with van der Waals surface area (Å²) < 4.78 is 38.4. The van der Waals surface area contributed by atoms with Crippen LogP contribution in [-0.2, 0) is 10.0 Å². The van der Waals surface area contributed by atoms with Crippen LogP contribution in [0, 0.1) is 6.92 Å². The lowest BCUT2D eigenvalue weighted by atomic mass is 10.0. The monoisotopic (exact) mass is 383 g/mol. The molecule has 2 rings (SSSR count). The summed E-state index contributed by atoms with van der Waals surface area (Å²) in [4.78, 5) is 0.0991. The molecule has 0 amide bonds. The number of methoxy groups -OCH3 is 2. The molecule has 0 heterocycles. The van der Waals surface area contributed by atoms with Crippen molar-refractivity contribution in [3.63, 3.8) is 0 Å². The van der Waals surface area contributed by atoms with Gasteiger partial charge in [0.25, 0.3) is 0 Å². The van der Waals surface area contributed by atoms with Gasteiger partial charge in [0.15, 0.2) is 0 Å². The lowest BCUT2D eigenvalue weighted by molar-refractivity contribution is 0.411. The van der Waals surface area contributed by atoms with Crippen LogP contribution in [0.2, 0.25) is 5.02 Å². The molecule has 1 N–H and O–H groups in total. The molecule has 5 nitrogen and oxygen atoms in total. The zero-order valence-electron chi connectivity index (χ0n) is 14.7. The van der Waals surface area contributed by atoms with Crippen LogP contribution in [0.3, 0.4) is 0 Å². The van der Waals surface area contributed by atoms with Crippen molar-refractivity contribution in [2.24, 2.45) is 0 Å². The van der Waals surface area contributed by atoms with Gasteiger partial charge in [-0.1, -0.05) is 30.7 Å². The highest BCUT2D eigenvalue weighted by atomic mass is 35.5. The third-order valence-electron chi connectivity index (χ3n) is 3.96. The normalized spacial score (nSPS) is 12.7. The lowest BCUT2D eigenvalue weighted by Gasteiger charge is -2.19. The minimum atomic E-state index is -3.72. The fourth-order valence-corrected chi connectivity index (χ4v) is 4.23. The average molecular weight is 384 g/mol. The van der Waals surface area contributed by atoms with Gasteiger partial charge in [-0.3, -0.25) is 0 Å². The number of hydrogen-bond donors (Lipinski definition) is 1. The molecule has 7 heteroatoms. The van der Waals surface area contributed by atoms with Crippen molar-refractivity contribution in [2.75, 3.05) is 14.2 Å². The minimum absolute atomic E-state index is 0.0991. The van der Waals surface area contributed by atoms with E-state index in [9.17, 15) is 8.42 Å². The van der Waals surface area contributed by atoms with Crippen LogP contribution in [0.4, 0.5) is 0 Å². The van der Waals surface area contributed by atoms with E-state index >= 15 is 0 Å².